The third kappa shape index (κ3) is 2.78. The predicted octanol–water partition coefficient (Wildman–Crippen LogP) is 3.98. The Balaban J connectivity index is 1.57. The van der Waals surface area contributed by atoms with Crippen molar-refractivity contribution in [3.05, 3.63) is 46.6 Å². The number of nitrogens with zero attached hydrogens (tertiary/aromatic N) is 4. The maximum absolute atomic E-state index is 6.28. The number of aromatic amines is 1. The molecule has 1 atom stereocenters. The number of H-pyrrole nitrogens is 1. The number of hydrogen-bond donors (Lipinski definition) is 1. The van der Waals surface area contributed by atoms with Crippen molar-refractivity contribution in [2.45, 2.75) is 13.0 Å². The lowest BCUT2D eigenvalue weighted by atomic mass is 10.2. The number of benzene rings is 1. The van der Waals surface area contributed by atoms with Gasteiger partial charge in [-0.25, -0.2) is 9.97 Å². The van der Waals surface area contributed by atoms with Gasteiger partial charge in [0.1, 0.15) is 5.82 Å². The Bertz CT molecular complexity index is 878. The van der Waals surface area contributed by atoms with Crippen LogP contribution in [0.5, 0.6) is 0 Å². The van der Waals surface area contributed by atoms with E-state index < -0.39 is 0 Å². The summed E-state index contributed by atoms with van der Waals surface area (Å²) in [6.07, 6.45) is 1.78. The molecule has 5 nitrogen and oxygen atoms in total. The molecule has 0 amide bonds. The van der Waals surface area contributed by atoms with Gasteiger partial charge in [-0.05, 0) is 37.3 Å². The topological polar surface area (TPSA) is 48.1 Å². The van der Waals surface area contributed by atoms with Crippen molar-refractivity contribution in [2.24, 2.45) is 0 Å². The van der Waals surface area contributed by atoms with Crippen LogP contribution in [0.15, 0.2) is 36.5 Å². The van der Waals surface area contributed by atoms with E-state index in [0.29, 0.717) is 10.0 Å². The van der Waals surface area contributed by atoms with E-state index in [1.54, 1.807) is 6.20 Å². The number of aromatic nitrogens is 3. The molecule has 0 unspecified atom stereocenters. The van der Waals surface area contributed by atoms with Crippen molar-refractivity contribution in [3.63, 3.8) is 0 Å². The van der Waals surface area contributed by atoms with Gasteiger partial charge in [0.15, 0.2) is 0 Å². The van der Waals surface area contributed by atoms with Crippen molar-refractivity contribution in [2.75, 3.05) is 29.4 Å². The third-order valence-electron chi connectivity index (χ3n) is 4.37. The van der Waals surface area contributed by atoms with Crippen LogP contribution in [0.3, 0.4) is 0 Å². The van der Waals surface area contributed by atoms with E-state index in [4.69, 9.17) is 28.2 Å². The maximum atomic E-state index is 6.28. The number of hydrogen-bond acceptors (Lipinski definition) is 4. The summed E-state index contributed by atoms with van der Waals surface area (Å²) in [4.78, 5) is 17.0. The van der Waals surface area contributed by atoms with E-state index in [0.717, 1.165) is 42.4 Å². The van der Waals surface area contributed by atoms with Crippen LogP contribution in [0.1, 0.15) is 6.92 Å². The highest BCUT2D eigenvalue weighted by Crippen LogP contribution is 2.27. The van der Waals surface area contributed by atoms with Crippen LogP contribution in [0.2, 0.25) is 10.0 Å². The van der Waals surface area contributed by atoms with Gasteiger partial charge in [-0.2, -0.15) is 0 Å². The summed E-state index contributed by atoms with van der Waals surface area (Å²) in [5.41, 5.74) is 1.89. The Labute approximate surface area is 150 Å². The van der Waals surface area contributed by atoms with Crippen molar-refractivity contribution in [1.82, 2.24) is 15.0 Å². The lowest BCUT2D eigenvalue weighted by Crippen LogP contribution is -2.52. The van der Waals surface area contributed by atoms with Crippen LogP contribution < -0.4 is 9.80 Å². The first kappa shape index (κ1) is 15.5. The molecule has 2 aromatic heterocycles. The molecule has 1 aromatic carbocycles. The summed E-state index contributed by atoms with van der Waals surface area (Å²) in [5, 5.41) is 1.40. The minimum atomic E-state index is 0.285. The van der Waals surface area contributed by atoms with Gasteiger partial charge < -0.3 is 14.8 Å². The molecule has 1 N–H and O–H groups in total. The van der Waals surface area contributed by atoms with Crippen LogP contribution in [0.4, 0.5) is 11.8 Å². The summed E-state index contributed by atoms with van der Waals surface area (Å²) in [6, 6.07) is 9.72. The molecule has 0 aliphatic carbocycles. The highest BCUT2D eigenvalue weighted by Gasteiger charge is 2.27. The van der Waals surface area contributed by atoms with Crippen LogP contribution in [0, 0.1) is 0 Å². The van der Waals surface area contributed by atoms with E-state index in [1.165, 1.54) is 0 Å². The van der Waals surface area contributed by atoms with E-state index in [-0.39, 0.29) is 6.04 Å². The van der Waals surface area contributed by atoms with Crippen molar-refractivity contribution < 1.29 is 0 Å². The first-order valence-electron chi connectivity index (χ1n) is 7.89. The minimum Gasteiger partial charge on any atom is -0.352 e. The van der Waals surface area contributed by atoms with Crippen LogP contribution in [-0.2, 0) is 0 Å². The Morgan fingerprint density at radius 3 is 2.88 bits per heavy atom. The average molecular weight is 362 g/mol. The molecular weight excluding hydrogens is 345 g/mol. The lowest BCUT2D eigenvalue weighted by molar-refractivity contribution is 0.539. The highest BCUT2D eigenvalue weighted by atomic mass is 35.5. The van der Waals surface area contributed by atoms with Gasteiger partial charge >= 0.3 is 0 Å². The number of nitrogens with one attached hydrogen (secondary N) is 1. The van der Waals surface area contributed by atoms with Gasteiger partial charge in [0, 0.05) is 36.9 Å². The molecule has 1 aliphatic rings. The number of pyridine rings is 1. The number of anilines is 2. The fraction of sp³-hybridized carbons (Fsp3) is 0.294. The summed E-state index contributed by atoms with van der Waals surface area (Å²) in [6.45, 7) is 4.72. The van der Waals surface area contributed by atoms with E-state index >= 15 is 0 Å². The number of imidazole rings is 1. The third-order valence-corrected chi connectivity index (χ3v) is 4.90. The Morgan fingerprint density at radius 1 is 1.21 bits per heavy atom. The van der Waals surface area contributed by atoms with Crippen LogP contribution >= 0.6 is 23.2 Å². The molecule has 124 valence electrons. The zero-order chi connectivity index (χ0) is 16.7. The van der Waals surface area contributed by atoms with E-state index in [9.17, 15) is 0 Å². The normalized spacial score (nSPS) is 18.4. The van der Waals surface area contributed by atoms with Gasteiger partial charge in [-0.1, -0.05) is 23.2 Å². The van der Waals surface area contributed by atoms with E-state index in [2.05, 4.69) is 26.7 Å². The molecule has 0 radical (unpaired) electrons. The zero-order valence-electron chi connectivity index (χ0n) is 13.2. The van der Waals surface area contributed by atoms with Crippen molar-refractivity contribution in [1.29, 1.82) is 0 Å². The molecule has 0 bridgehead atoms. The molecule has 4 rings (SSSR count). The molecule has 7 heteroatoms. The fourth-order valence-electron chi connectivity index (χ4n) is 3.18. The molecule has 24 heavy (non-hydrogen) atoms. The molecule has 1 fully saturated rings. The highest BCUT2D eigenvalue weighted by molar-refractivity contribution is 6.33. The number of rotatable bonds is 2. The lowest BCUT2D eigenvalue weighted by Gasteiger charge is -2.40. The monoisotopic (exact) mass is 361 g/mol. The van der Waals surface area contributed by atoms with Crippen LogP contribution in [-0.4, -0.2) is 40.6 Å². The second kappa shape index (κ2) is 6.15. The summed E-state index contributed by atoms with van der Waals surface area (Å²) in [7, 11) is 0. The largest absolute Gasteiger partial charge is 0.352 e. The van der Waals surface area contributed by atoms with Gasteiger partial charge in [-0.3, -0.25) is 0 Å². The Hall–Kier alpha value is -1.98. The molecule has 3 aromatic rings. The summed E-state index contributed by atoms with van der Waals surface area (Å²) >= 11 is 12.3. The summed E-state index contributed by atoms with van der Waals surface area (Å²) < 4.78 is 0. The Morgan fingerprint density at radius 2 is 2.08 bits per heavy atom. The standard InChI is InChI=1S/C17H17Cl2N5/c1-11-10-23(16-13(19)3-2-6-20-16)7-8-24(11)17-21-14-5-4-12(18)9-15(14)22-17/h2-6,9,11H,7-8,10H2,1H3,(H,21,22)/t11-/m1/s1. The van der Waals surface area contributed by atoms with Gasteiger partial charge in [-0.15, -0.1) is 0 Å². The van der Waals surface area contributed by atoms with Gasteiger partial charge in [0.25, 0.3) is 0 Å². The van der Waals surface area contributed by atoms with Gasteiger partial charge in [0.05, 0.1) is 16.1 Å². The van der Waals surface area contributed by atoms with Gasteiger partial charge in [0.2, 0.25) is 5.95 Å². The van der Waals surface area contributed by atoms with Crippen LogP contribution in [0.25, 0.3) is 11.0 Å². The smallest absolute Gasteiger partial charge is 0.204 e. The molecule has 0 spiro atoms. The maximum Gasteiger partial charge on any atom is 0.204 e. The number of halogens is 2. The first-order valence-corrected chi connectivity index (χ1v) is 8.65. The van der Waals surface area contributed by atoms with E-state index in [1.807, 2.05) is 30.3 Å². The zero-order valence-corrected chi connectivity index (χ0v) is 14.7. The minimum absolute atomic E-state index is 0.285. The molecule has 1 saturated heterocycles. The number of fused-ring (bicyclic) bond motifs is 1. The molecular formula is C17H17Cl2N5. The molecule has 3 heterocycles. The second-order valence-electron chi connectivity index (χ2n) is 6.02. The average Bonchev–Trinajstić information content (AvgIpc) is 2.98. The second-order valence-corrected chi connectivity index (χ2v) is 6.86. The number of piperazine rings is 1. The Kier molecular flexibility index (Phi) is 3.98. The van der Waals surface area contributed by atoms with Crippen molar-refractivity contribution >= 4 is 46.0 Å². The van der Waals surface area contributed by atoms with Crippen molar-refractivity contribution in [3.8, 4) is 0 Å². The first-order chi connectivity index (χ1) is 11.6. The SMILES string of the molecule is C[C@@H]1CN(c2ncccc2Cl)CCN1c1nc2ccc(Cl)cc2[nH]1. The predicted molar refractivity (Wildman–Crippen MR) is 99.4 cm³/mol. The molecule has 0 saturated carbocycles. The molecule has 1 aliphatic heterocycles. The summed E-state index contributed by atoms with van der Waals surface area (Å²) in [5.74, 6) is 1.73. The fourth-order valence-corrected chi connectivity index (χ4v) is 3.59. The quantitative estimate of drug-likeness (QED) is 0.749.